The highest BCUT2D eigenvalue weighted by Crippen LogP contribution is 2.17. The van der Waals surface area contributed by atoms with Gasteiger partial charge in [-0.05, 0) is 37.5 Å². The van der Waals surface area contributed by atoms with Crippen LogP contribution in [0.15, 0.2) is 18.2 Å². The summed E-state index contributed by atoms with van der Waals surface area (Å²) in [6.07, 6.45) is 0.365. The summed E-state index contributed by atoms with van der Waals surface area (Å²) in [5, 5.41) is 9.89. The van der Waals surface area contributed by atoms with Crippen molar-refractivity contribution in [1.29, 1.82) is 0 Å². The maximum absolute atomic E-state index is 9.12. The van der Waals surface area contributed by atoms with Gasteiger partial charge in [-0.2, -0.15) is 0 Å². The zero-order valence-corrected chi connectivity index (χ0v) is 8.10. The second-order valence-electron chi connectivity index (χ2n) is 3.14. The highest BCUT2D eigenvalue weighted by Gasteiger charge is 2.00. The fourth-order valence-electron chi connectivity index (χ4n) is 1.10. The van der Waals surface area contributed by atoms with Crippen LogP contribution in [0.4, 0.5) is 0 Å². The summed E-state index contributed by atoms with van der Waals surface area (Å²) in [7, 11) is 0. The largest absolute Gasteiger partial charge is 0.393 e. The minimum absolute atomic E-state index is 0.302. The fourth-order valence-corrected chi connectivity index (χ4v) is 1.31. The summed E-state index contributed by atoms with van der Waals surface area (Å²) in [6, 6.07) is 5.87. The van der Waals surface area contributed by atoms with E-state index in [2.05, 4.69) is 0 Å². The molecular weight excluding hydrogens is 172 g/mol. The number of aryl methyl sites for hydroxylation is 1. The highest BCUT2D eigenvalue weighted by molar-refractivity contribution is 6.31. The van der Waals surface area contributed by atoms with Gasteiger partial charge in [-0.25, -0.2) is 0 Å². The number of aliphatic hydroxyl groups is 1. The summed E-state index contributed by atoms with van der Waals surface area (Å²) in [4.78, 5) is 0. The highest BCUT2D eigenvalue weighted by atomic mass is 35.5. The number of rotatable bonds is 2. The van der Waals surface area contributed by atoms with Gasteiger partial charge in [-0.1, -0.05) is 23.7 Å². The van der Waals surface area contributed by atoms with Crippen molar-refractivity contribution in [3.8, 4) is 0 Å². The van der Waals surface area contributed by atoms with Crippen molar-refractivity contribution >= 4 is 11.6 Å². The minimum Gasteiger partial charge on any atom is -0.393 e. The van der Waals surface area contributed by atoms with Crippen LogP contribution in [-0.4, -0.2) is 11.2 Å². The van der Waals surface area contributed by atoms with Crippen molar-refractivity contribution in [3.63, 3.8) is 0 Å². The van der Waals surface area contributed by atoms with Crippen LogP contribution in [0.25, 0.3) is 0 Å². The predicted octanol–water partition coefficient (Wildman–Crippen LogP) is 2.57. The van der Waals surface area contributed by atoms with Crippen LogP contribution in [0.1, 0.15) is 18.1 Å². The molecule has 0 amide bonds. The van der Waals surface area contributed by atoms with Gasteiger partial charge >= 0.3 is 0 Å². The molecule has 1 rings (SSSR count). The lowest BCUT2D eigenvalue weighted by atomic mass is 10.1. The molecular formula is C10H13ClO. The van der Waals surface area contributed by atoms with E-state index in [9.17, 15) is 0 Å². The molecule has 0 unspecified atom stereocenters. The molecule has 0 bridgehead atoms. The maximum atomic E-state index is 9.12. The molecule has 12 heavy (non-hydrogen) atoms. The average molecular weight is 185 g/mol. The van der Waals surface area contributed by atoms with E-state index in [0.717, 1.165) is 16.1 Å². The van der Waals surface area contributed by atoms with Crippen molar-refractivity contribution in [2.75, 3.05) is 0 Å². The number of halogens is 1. The van der Waals surface area contributed by atoms with Crippen molar-refractivity contribution in [2.45, 2.75) is 26.4 Å². The lowest BCUT2D eigenvalue weighted by Crippen LogP contribution is -2.03. The van der Waals surface area contributed by atoms with Crippen LogP contribution >= 0.6 is 11.6 Å². The Labute approximate surface area is 78.0 Å². The molecule has 0 spiro atoms. The maximum Gasteiger partial charge on any atom is 0.0552 e. The first-order chi connectivity index (χ1) is 5.59. The summed E-state index contributed by atoms with van der Waals surface area (Å²) in [5.41, 5.74) is 2.16. The second kappa shape index (κ2) is 3.92. The molecule has 0 aliphatic heterocycles. The molecule has 1 atom stereocenters. The average Bonchev–Trinajstić information content (AvgIpc) is 1.96. The standard InChI is InChI=1S/C10H13ClO/c1-7-3-4-9(5-8(2)12)6-10(7)11/h3-4,6,8,12H,5H2,1-2H3/t8-/m0/s1. The number of hydrogen-bond acceptors (Lipinski definition) is 1. The van der Waals surface area contributed by atoms with E-state index >= 15 is 0 Å². The molecule has 0 saturated heterocycles. The van der Waals surface area contributed by atoms with Crippen molar-refractivity contribution < 1.29 is 5.11 Å². The van der Waals surface area contributed by atoms with Gasteiger partial charge in [-0.15, -0.1) is 0 Å². The lowest BCUT2D eigenvalue weighted by molar-refractivity contribution is 0.195. The first-order valence-electron chi connectivity index (χ1n) is 4.02. The minimum atomic E-state index is -0.302. The summed E-state index contributed by atoms with van der Waals surface area (Å²) in [5.74, 6) is 0. The predicted molar refractivity (Wildman–Crippen MR) is 51.6 cm³/mol. The Kier molecular flexibility index (Phi) is 3.12. The Balaban J connectivity index is 2.82. The second-order valence-corrected chi connectivity index (χ2v) is 3.54. The van der Waals surface area contributed by atoms with Crippen LogP contribution in [-0.2, 0) is 6.42 Å². The molecule has 1 N–H and O–H groups in total. The summed E-state index contributed by atoms with van der Waals surface area (Å²) in [6.45, 7) is 3.74. The van der Waals surface area contributed by atoms with E-state index in [4.69, 9.17) is 16.7 Å². The number of hydrogen-bond donors (Lipinski definition) is 1. The molecule has 1 aromatic carbocycles. The Hall–Kier alpha value is -0.530. The van der Waals surface area contributed by atoms with Crippen LogP contribution in [0.5, 0.6) is 0 Å². The topological polar surface area (TPSA) is 20.2 Å². The van der Waals surface area contributed by atoms with E-state index in [-0.39, 0.29) is 6.10 Å². The smallest absolute Gasteiger partial charge is 0.0552 e. The fraction of sp³-hybridized carbons (Fsp3) is 0.400. The van der Waals surface area contributed by atoms with Gasteiger partial charge in [0, 0.05) is 5.02 Å². The Morgan fingerprint density at radius 2 is 2.17 bits per heavy atom. The first-order valence-corrected chi connectivity index (χ1v) is 4.40. The molecule has 0 aliphatic carbocycles. The van der Waals surface area contributed by atoms with Crippen LogP contribution in [0.2, 0.25) is 5.02 Å². The molecule has 1 nitrogen and oxygen atoms in total. The van der Waals surface area contributed by atoms with E-state index in [1.807, 2.05) is 25.1 Å². The quantitative estimate of drug-likeness (QED) is 0.749. The molecule has 0 heterocycles. The number of aliphatic hydroxyl groups excluding tert-OH is 1. The van der Waals surface area contributed by atoms with Gasteiger partial charge in [0.1, 0.15) is 0 Å². The third-order valence-corrected chi connectivity index (χ3v) is 2.17. The molecule has 0 aromatic heterocycles. The lowest BCUT2D eigenvalue weighted by Gasteiger charge is -2.05. The normalized spacial score (nSPS) is 13.0. The van der Waals surface area contributed by atoms with Gasteiger partial charge in [-0.3, -0.25) is 0 Å². The zero-order chi connectivity index (χ0) is 9.14. The molecule has 0 aliphatic rings. The van der Waals surface area contributed by atoms with E-state index in [1.54, 1.807) is 6.92 Å². The zero-order valence-electron chi connectivity index (χ0n) is 7.34. The molecule has 0 radical (unpaired) electrons. The number of benzene rings is 1. The van der Waals surface area contributed by atoms with Gasteiger partial charge in [0.25, 0.3) is 0 Å². The third-order valence-electron chi connectivity index (χ3n) is 1.77. The molecule has 0 saturated carbocycles. The van der Waals surface area contributed by atoms with Gasteiger partial charge < -0.3 is 5.11 Å². The third kappa shape index (κ3) is 2.50. The molecule has 1 aromatic rings. The van der Waals surface area contributed by atoms with Crippen LogP contribution < -0.4 is 0 Å². The summed E-state index contributed by atoms with van der Waals surface area (Å²) >= 11 is 5.92. The van der Waals surface area contributed by atoms with Crippen LogP contribution in [0, 0.1) is 6.92 Å². The Morgan fingerprint density at radius 1 is 1.50 bits per heavy atom. The molecule has 2 heteroatoms. The van der Waals surface area contributed by atoms with Crippen molar-refractivity contribution in [2.24, 2.45) is 0 Å². The van der Waals surface area contributed by atoms with Crippen LogP contribution in [0.3, 0.4) is 0 Å². The van der Waals surface area contributed by atoms with E-state index in [0.29, 0.717) is 6.42 Å². The van der Waals surface area contributed by atoms with Gasteiger partial charge in [0.15, 0.2) is 0 Å². The monoisotopic (exact) mass is 184 g/mol. The van der Waals surface area contributed by atoms with Crippen molar-refractivity contribution in [1.82, 2.24) is 0 Å². The van der Waals surface area contributed by atoms with Crippen molar-refractivity contribution in [3.05, 3.63) is 34.3 Å². The first kappa shape index (κ1) is 9.56. The molecule has 66 valence electrons. The SMILES string of the molecule is Cc1ccc(C[C@H](C)O)cc1Cl. The van der Waals surface area contributed by atoms with Gasteiger partial charge in [0.2, 0.25) is 0 Å². The Bertz CT molecular complexity index is 269. The van der Waals surface area contributed by atoms with Gasteiger partial charge in [0.05, 0.1) is 6.10 Å². The van der Waals surface area contributed by atoms with E-state index in [1.165, 1.54) is 0 Å². The Morgan fingerprint density at radius 3 is 2.67 bits per heavy atom. The summed E-state index contributed by atoms with van der Waals surface area (Å²) < 4.78 is 0. The molecule has 0 fully saturated rings. The van der Waals surface area contributed by atoms with E-state index < -0.39 is 0 Å².